The predicted molar refractivity (Wildman–Crippen MR) is 78.3 cm³/mol. The molecule has 2 N–H and O–H groups in total. The fraction of sp³-hybridized carbons (Fsp3) is 0. The minimum atomic E-state index is -0.520. The van der Waals surface area contributed by atoms with E-state index in [1.54, 1.807) is 24.3 Å². The number of hydrogen-bond acceptors (Lipinski definition) is 4. The third kappa shape index (κ3) is 2.12. The molecular weight excluding hydrogens is 272 g/mol. The van der Waals surface area contributed by atoms with Crippen molar-refractivity contribution in [1.82, 2.24) is 4.98 Å². The number of hydrogen-bond donors (Lipinski definition) is 2. The molecule has 104 valence electrons. The predicted octanol–water partition coefficient (Wildman–Crippen LogP) is 2.81. The van der Waals surface area contributed by atoms with Gasteiger partial charge in [0.1, 0.15) is 5.75 Å². The maximum Gasteiger partial charge on any atom is 0.269 e. The van der Waals surface area contributed by atoms with Crippen LogP contribution >= 0.6 is 0 Å². The highest BCUT2D eigenvalue weighted by Gasteiger charge is 2.14. The van der Waals surface area contributed by atoms with E-state index < -0.39 is 10.5 Å². The van der Waals surface area contributed by atoms with E-state index in [1.807, 2.05) is 0 Å². The Balaban J connectivity index is 2.24. The van der Waals surface area contributed by atoms with Crippen LogP contribution in [0.5, 0.6) is 5.75 Å². The highest BCUT2D eigenvalue weighted by atomic mass is 16.6. The van der Waals surface area contributed by atoms with Crippen molar-refractivity contribution in [1.29, 1.82) is 0 Å². The number of nitrogens with one attached hydrogen (secondary N) is 1. The number of nitrogens with zero attached hydrogens (tertiary/aromatic N) is 1. The van der Waals surface area contributed by atoms with Gasteiger partial charge in [-0.1, -0.05) is 12.1 Å². The number of non-ortho nitro benzene ring substituents is 1. The zero-order chi connectivity index (χ0) is 15.0. The molecule has 0 amide bonds. The van der Waals surface area contributed by atoms with Gasteiger partial charge in [-0.2, -0.15) is 0 Å². The first-order chi connectivity index (χ1) is 10.1. The average molecular weight is 282 g/mol. The molecule has 0 saturated carbocycles. The lowest BCUT2D eigenvalue weighted by Gasteiger charge is -2.07. The fourth-order valence-electron chi connectivity index (χ4n) is 2.24. The van der Waals surface area contributed by atoms with Gasteiger partial charge in [-0.05, 0) is 29.8 Å². The first kappa shape index (κ1) is 12.9. The Hall–Kier alpha value is -3.15. The summed E-state index contributed by atoms with van der Waals surface area (Å²) in [7, 11) is 0. The summed E-state index contributed by atoms with van der Waals surface area (Å²) < 4.78 is 0. The second-order valence-electron chi connectivity index (χ2n) is 4.53. The van der Waals surface area contributed by atoms with E-state index in [1.165, 1.54) is 24.3 Å². The molecule has 0 aliphatic rings. The highest BCUT2D eigenvalue weighted by molar-refractivity contribution is 5.91. The quantitative estimate of drug-likeness (QED) is 0.558. The topological polar surface area (TPSA) is 96.2 Å². The first-order valence-electron chi connectivity index (χ1n) is 6.17. The summed E-state index contributed by atoms with van der Waals surface area (Å²) in [4.78, 5) is 24.9. The molecule has 0 bridgehead atoms. The van der Waals surface area contributed by atoms with E-state index >= 15 is 0 Å². The van der Waals surface area contributed by atoms with Crippen molar-refractivity contribution in [2.75, 3.05) is 0 Å². The van der Waals surface area contributed by atoms with Crippen molar-refractivity contribution in [3.8, 4) is 16.9 Å². The summed E-state index contributed by atoms with van der Waals surface area (Å²) in [6.45, 7) is 0. The van der Waals surface area contributed by atoms with Crippen molar-refractivity contribution in [3.63, 3.8) is 0 Å². The number of aromatic amines is 1. The average Bonchev–Trinajstić information content (AvgIpc) is 2.48. The van der Waals surface area contributed by atoms with Crippen LogP contribution in [0.15, 0.2) is 53.3 Å². The molecule has 0 unspecified atom stereocenters. The van der Waals surface area contributed by atoms with Gasteiger partial charge >= 0.3 is 0 Å². The zero-order valence-electron chi connectivity index (χ0n) is 10.7. The largest absolute Gasteiger partial charge is 0.506 e. The van der Waals surface area contributed by atoms with Crippen LogP contribution in [0.2, 0.25) is 0 Å². The number of para-hydroxylation sites is 1. The van der Waals surface area contributed by atoms with Crippen LogP contribution in [0, 0.1) is 10.1 Å². The van der Waals surface area contributed by atoms with Crippen molar-refractivity contribution in [2.24, 2.45) is 0 Å². The molecule has 6 nitrogen and oxygen atoms in total. The van der Waals surface area contributed by atoms with Crippen molar-refractivity contribution in [2.45, 2.75) is 0 Å². The van der Waals surface area contributed by atoms with Crippen LogP contribution in [0.25, 0.3) is 22.0 Å². The number of nitro benzene ring substituents is 1. The summed E-state index contributed by atoms with van der Waals surface area (Å²) >= 11 is 0. The van der Waals surface area contributed by atoms with Gasteiger partial charge in [0, 0.05) is 17.5 Å². The second kappa shape index (κ2) is 4.75. The summed E-state index contributed by atoms with van der Waals surface area (Å²) in [6, 6.07) is 12.4. The molecule has 21 heavy (non-hydrogen) atoms. The van der Waals surface area contributed by atoms with Crippen molar-refractivity contribution in [3.05, 3.63) is 69.0 Å². The maximum absolute atomic E-state index is 12.1. The molecule has 0 spiro atoms. The lowest BCUT2D eigenvalue weighted by molar-refractivity contribution is -0.384. The molecular formula is C15H10N2O4. The van der Waals surface area contributed by atoms with Gasteiger partial charge in [-0.25, -0.2) is 0 Å². The van der Waals surface area contributed by atoms with Crippen LogP contribution in [0.1, 0.15) is 0 Å². The number of pyridine rings is 1. The number of H-pyrrole nitrogens is 1. The van der Waals surface area contributed by atoms with Crippen LogP contribution < -0.4 is 5.56 Å². The van der Waals surface area contributed by atoms with Gasteiger partial charge < -0.3 is 10.1 Å². The van der Waals surface area contributed by atoms with Crippen molar-refractivity contribution >= 4 is 16.6 Å². The molecule has 0 saturated heterocycles. The summed E-state index contributed by atoms with van der Waals surface area (Å²) in [5, 5.41) is 21.5. The normalized spacial score (nSPS) is 10.7. The molecule has 0 aliphatic carbocycles. The number of fused-ring (bicyclic) bond motifs is 1. The lowest BCUT2D eigenvalue weighted by Crippen LogP contribution is -2.09. The molecule has 0 aliphatic heterocycles. The standard InChI is InChI=1S/C15H10N2O4/c18-14-11-3-1-2-4-12(11)16-15(19)13(14)9-5-7-10(8-6-9)17(20)21/h1-8H,(H2,16,18,19). The smallest absolute Gasteiger partial charge is 0.269 e. The fourth-order valence-corrected chi connectivity index (χ4v) is 2.24. The molecule has 2 aromatic carbocycles. The van der Waals surface area contributed by atoms with Crippen LogP contribution in [-0.4, -0.2) is 15.0 Å². The molecule has 3 aromatic rings. The van der Waals surface area contributed by atoms with Crippen LogP contribution in [0.4, 0.5) is 5.69 Å². The van der Waals surface area contributed by atoms with E-state index in [4.69, 9.17) is 0 Å². The number of aromatic hydroxyl groups is 1. The number of benzene rings is 2. The Bertz CT molecular complexity index is 898. The Morgan fingerprint density at radius 2 is 1.71 bits per heavy atom. The van der Waals surface area contributed by atoms with Gasteiger partial charge in [0.15, 0.2) is 0 Å². The van der Waals surface area contributed by atoms with E-state index in [9.17, 15) is 20.0 Å². The maximum atomic E-state index is 12.1. The number of nitro groups is 1. The summed E-state index contributed by atoms with van der Waals surface area (Å²) in [6.07, 6.45) is 0. The first-order valence-corrected chi connectivity index (χ1v) is 6.17. The third-order valence-corrected chi connectivity index (χ3v) is 3.26. The van der Waals surface area contributed by atoms with Crippen LogP contribution in [0.3, 0.4) is 0 Å². The molecule has 0 radical (unpaired) electrons. The highest BCUT2D eigenvalue weighted by Crippen LogP contribution is 2.32. The van der Waals surface area contributed by atoms with Gasteiger partial charge in [0.05, 0.1) is 16.0 Å². The Kier molecular flexibility index (Phi) is 2.91. The molecule has 0 atom stereocenters. The molecule has 0 fully saturated rings. The van der Waals surface area contributed by atoms with Gasteiger partial charge in [-0.15, -0.1) is 0 Å². The van der Waals surface area contributed by atoms with Crippen LogP contribution in [-0.2, 0) is 0 Å². The summed E-state index contributed by atoms with van der Waals surface area (Å²) in [5.74, 6) is -0.136. The molecule has 1 heterocycles. The zero-order valence-corrected chi connectivity index (χ0v) is 10.7. The second-order valence-corrected chi connectivity index (χ2v) is 4.53. The van der Waals surface area contributed by atoms with Gasteiger partial charge in [0.25, 0.3) is 11.2 Å². The number of aromatic nitrogens is 1. The van der Waals surface area contributed by atoms with E-state index in [2.05, 4.69) is 4.98 Å². The number of rotatable bonds is 2. The molecule has 3 rings (SSSR count). The van der Waals surface area contributed by atoms with E-state index in [0.29, 0.717) is 16.5 Å². The lowest BCUT2D eigenvalue weighted by atomic mass is 10.0. The van der Waals surface area contributed by atoms with E-state index in [0.717, 1.165) is 0 Å². The Labute approximate surface area is 118 Å². The minimum absolute atomic E-state index is 0.0737. The summed E-state index contributed by atoms with van der Waals surface area (Å²) in [5.41, 5.74) is 0.537. The Morgan fingerprint density at radius 1 is 1.05 bits per heavy atom. The molecule has 6 heteroatoms. The monoisotopic (exact) mass is 282 g/mol. The van der Waals surface area contributed by atoms with Crippen molar-refractivity contribution < 1.29 is 10.0 Å². The molecule has 1 aromatic heterocycles. The van der Waals surface area contributed by atoms with Gasteiger partial charge in [0.2, 0.25) is 0 Å². The SMILES string of the molecule is O=c1[nH]c2ccccc2c(O)c1-c1ccc([N+](=O)[O-])cc1. The minimum Gasteiger partial charge on any atom is -0.506 e. The van der Waals surface area contributed by atoms with Gasteiger partial charge in [-0.3, -0.25) is 14.9 Å². The van der Waals surface area contributed by atoms with E-state index in [-0.39, 0.29) is 17.0 Å². The Morgan fingerprint density at radius 3 is 2.38 bits per heavy atom. The third-order valence-electron chi connectivity index (χ3n) is 3.26.